The van der Waals surface area contributed by atoms with Crippen LogP contribution >= 0.6 is 0 Å². The minimum absolute atomic E-state index is 0. The molecule has 0 aromatic heterocycles. The third-order valence-electron chi connectivity index (χ3n) is 1.71. The van der Waals surface area contributed by atoms with Crippen LogP contribution in [0.2, 0.25) is 0 Å². The molecule has 2 nitrogen and oxygen atoms in total. The topological polar surface area (TPSA) is 23.1 Å². The average Bonchev–Trinajstić information content (AvgIpc) is 1.90. The Hall–Kier alpha value is -0.0800. The van der Waals surface area contributed by atoms with E-state index in [-0.39, 0.29) is 6.61 Å². The molecule has 2 heteroatoms. The lowest BCUT2D eigenvalue weighted by molar-refractivity contribution is -0.886. The Labute approximate surface area is 65.1 Å². The second-order valence-electron chi connectivity index (χ2n) is 2.86. The van der Waals surface area contributed by atoms with Gasteiger partial charge in [-0.15, -0.1) is 6.61 Å². The number of rotatable bonds is 2. The number of nitrogens with zero attached hydrogens (tertiary/aromatic N) is 1. The van der Waals surface area contributed by atoms with E-state index >= 15 is 0 Å². The predicted molar refractivity (Wildman–Crippen MR) is 43.7 cm³/mol. The van der Waals surface area contributed by atoms with E-state index < -0.39 is 0 Å². The van der Waals surface area contributed by atoms with E-state index in [0.717, 1.165) is 4.48 Å². The lowest BCUT2D eigenvalue weighted by atomic mass is 10.5. The zero-order valence-corrected chi connectivity index (χ0v) is 7.98. The van der Waals surface area contributed by atoms with E-state index in [2.05, 4.69) is 27.9 Å². The molecular weight excluding hydrogens is 126 g/mol. The second kappa shape index (κ2) is 7.03. The van der Waals surface area contributed by atoms with Crippen LogP contribution in [0, 0.1) is 0 Å². The fourth-order valence-corrected chi connectivity index (χ4v) is 0.224. The summed E-state index contributed by atoms with van der Waals surface area (Å²) in [7, 11) is 4.47. The van der Waals surface area contributed by atoms with Crippen LogP contribution in [0.4, 0.5) is 0 Å². The van der Waals surface area contributed by atoms with E-state index in [9.17, 15) is 0 Å². The summed E-state index contributed by atoms with van der Waals surface area (Å²) in [4.78, 5) is 0. The lowest BCUT2D eigenvalue weighted by Gasteiger charge is -2.25. The van der Waals surface area contributed by atoms with E-state index in [4.69, 9.17) is 5.11 Å². The van der Waals surface area contributed by atoms with Crippen LogP contribution in [0.3, 0.4) is 0 Å². The average molecular weight is 147 g/mol. The van der Waals surface area contributed by atoms with Crippen molar-refractivity contribution >= 4 is 0 Å². The van der Waals surface area contributed by atoms with Crippen LogP contribution in [0.1, 0.15) is 20.8 Å². The van der Waals surface area contributed by atoms with E-state index in [1.165, 1.54) is 13.1 Å². The van der Waals surface area contributed by atoms with Crippen molar-refractivity contribution in [2.75, 3.05) is 33.8 Å². The van der Waals surface area contributed by atoms with Gasteiger partial charge >= 0.3 is 0 Å². The fraction of sp³-hybridized carbons (Fsp3) is 1.00. The molecule has 0 unspecified atom stereocenters. The lowest BCUT2D eigenvalue weighted by Crippen LogP contribution is -2.38. The predicted octanol–water partition coefficient (Wildman–Crippen LogP) is 0.469. The first kappa shape index (κ1) is 12.6. The molecule has 0 aliphatic rings. The summed E-state index contributed by atoms with van der Waals surface area (Å²) in [6, 6.07) is 0. The van der Waals surface area contributed by atoms with Crippen LogP contribution in [0.25, 0.3) is 0 Å². The van der Waals surface area contributed by atoms with Crippen molar-refractivity contribution in [3.05, 3.63) is 0 Å². The first-order valence-electron chi connectivity index (χ1n) is 3.94. The molecule has 0 amide bonds. The van der Waals surface area contributed by atoms with E-state index in [1.807, 2.05) is 0 Å². The Morgan fingerprint density at radius 3 is 1.20 bits per heavy atom. The van der Waals surface area contributed by atoms with Crippen molar-refractivity contribution in [3.8, 4) is 0 Å². The molecule has 10 heavy (non-hydrogen) atoms. The molecule has 64 valence electrons. The second-order valence-corrected chi connectivity index (χ2v) is 2.86. The summed E-state index contributed by atoms with van der Waals surface area (Å²) in [6.07, 6.45) is 0. The summed E-state index contributed by atoms with van der Waals surface area (Å²) in [6.45, 7) is 8.46. The van der Waals surface area contributed by atoms with Crippen molar-refractivity contribution in [1.82, 2.24) is 0 Å². The molecule has 0 aliphatic heterocycles. The summed E-state index contributed by atoms with van der Waals surface area (Å²) in [5.41, 5.74) is 0. The molecule has 0 fully saturated rings. The summed E-state index contributed by atoms with van der Waals surface area (Å²) >= 11 is 0. The van der Waals surface area contributed by atoms with E-state index in [0.29, 0.717) is 0 Å². The Morgan fingerprint density at radius 1 is 1.00 bits per heavy atom. The van der Waals surface area contributed by atoms with Gasteiger partial charge in [0.25, 0.3) is 0 Å². The van der Waals surface area contributed by atoms with Crippen molar-refractivity contribution < 1.29 is 9.59 Å². The van der Waals surface area contributed by atoms with Crippen molar-refractivity contribution in [2.24, 2.45) is 0 Å². The van der Waals surface area contributed by atoms with Crippen LogP contribution in [-0.2, 0) is 0 Å². The molecule has 0 bridgehead atoms. The van der Waals surface area contributed by atoms with Crippen LogP contribution in [0.15, 0.2) is 0 Å². The molecule has 0 saturated carbocycles. The fourth-order valence-electron chi connectivity index (χ4n) is 0.224. The van der Waals surface area contributed by atoms with Crippen LogP contribution in [0.5, 0.6) is 0 Å². The SMILES string of the molecule is CC[N+](C)(C)CC.CC[O-]. The quantitative estimate of drug-likeness (QED) is 0.521. The van der Waals surface area contributed by atoms with Gasteiger partial charge in [-0.2, -0.15) is 0 Å². The van der Waals surface area contributed by atoms with Gasteiger partial charge in [-0.3, -0.25) is 0 Å². The highest BCUT2D eigenvalue weighted by Crippen LogP contribution is 1.91. The Bertz CT molecular complexity index is 56.3. The van der Waals surface area contributed by atoms with Crippen molar-refractivity contribution in [1.29, 1.82) is 0 Å². The maximum atomic E-state index is 8.93. The summed E-state index contributed by atoms with van der Waals surface area (Å²) < 4.78 is 1.14. The molecule has 0 atom stereocenters. The zero-order chi connectivity index (χ0) is 8.62. The van der Waals surface area contributed by atoms with Crippen LogP contribution in [-0.4, -0.2) is 38.3 Å². The Morgan fingerprint density at radius 2 is 1.20 bits per heavy atom. The highest BCUT2D eigenvalue weighted by molar-refractivity contribution is 4.17. The van der Waals surface area contributed by atoms with Gasteiger partial charge in [0.2, 0.25) is 0 Å². The van der Waals surface area contributed by atoms with Gasteiger partial charge in [-0.25, -0.2) is 0 Å². The zero-order valence-electron chi connectivity index (χ0n) is 7.98. The monoisotopic (exact) mass is 147 g/mol. The van der Waals surface area contributed by atoms with Crippen molar-refractivity contribution in [3.63, 3.8) is 0 Å². The third-order valence-corrected chi connectivity index (χ3v) is 1.71. The molecule has 0 saturated heterocycles. The van der Waals surface area contributed by atoms with Gasteiger partial charge in [-0.1, -0.05) is 6.92 Å². The minimum Gasteiger partial charge on any atom is -0.855 e. The molecule has 0 heterocycles. The molecular formula is C8H21NO. The van der Waals surface area contributed by atoms with Crippen molar-refractivity contribution in [2.45, 2.75) is 20.8 Å². The molecule has 0 aromatic rings. The maximum absolute atomic E-state index is 8.93. The highest BCUT2D eigenvalue weighted by atomic mass is 16.2. The third kappa shape index (κ3) is 10.8. The minimum atomic E-state index is 0. The Kier molecular flexibility index (Phi) is 8.85. The van der Waals surface area contributed by atoms with Crippen LogP contribution < -0.4 is 5.11 Å². The Balaban J connectivity index is 0. The highest BCUT2D eigenvalue weighted by Gasteiger charge is 2.04. The first-order chi connectivity index (χ1) is 4.54. The van der Waals surface area contributed by atoms with Gasteiger partial charge < -0.3 is 9.59 Å². The number of quaternary nitrogens is 1. The standard InChI is InChI=1S/C6H16N.C2H5O/c1-5-7(3,4)6-2;1-2-3/h5-6H2,1-4H3;2H2,1H3/q+1;-1. The number of hydrogen-bond acceptors (Lipinski definition) is 1. The molecule has 0 radical (unpaired) electrons. The molecule has 0 spiro atoms. The van der Waals surface area contributed by atoms with Gasteiger partial charge in [0.05, 0.1) is 27.2 Å². The van der Waals surface area contributed by atoms with Gasteiger partial charge in [0, 0.05) is 0 Å². The summed E-state index contributed by atoms with van der Waals surface area (Å²) in [5, 5.41) is 8.93. The maximum Gasteiger partial charge on any atom is 0.0753 e. The molecule has 0 aliphatic carbocycles. The largest absolute Gasteiger partial charge is 0.855 e. The normalized spacial score (nSPS) is 10.2. The van der Waals surface area contributed by atoms with Gasteiger partial charge in [-0.05, 0) is 13.8 Å². The summed E-state index contributed by atoms with van der Waals surface area (Å²) in [5.74, 6) is 0. The molecule has 0 rings (SSSR count). The number of hydrogen-bond donors (Lipinski definition) is 0. The van der Waals surface area contributed by atoms with Gasteiger partial charge in [0.1, 0.15) is 0 Å². The molecule has 0 N–H and O–H groups in total. The molecule has 0 aromatic carbocycles. The van der Waals surface area contributed by atoms with Gasteiger partial charge in [0.15, 0.2) is 0 Å². The smallest absolute Gasteiger partial charge is 0.0753 e. The van der Waals surface area contributed by atoms with E-state index in [1.54, 1.807) is 6.92 Å². The first-order valence-corrected chi connectivity index (χ1v) is 3.94.